The van der Waals surface area contributed by atoms with Gasteiger partial charge in [0.25, 0.3) is 0 Å². The van der Waals surface area contributed by atoms with Crippen LogP contribution in [0.4, 0.5) is 4.39 Å². The highest BCUT2D eigenvalue weighted by Gasteiger charge is 2.29. The maximum Gasteiger partial charge on any atom is 0.338 e. The van der Waals surface area contributed by atoms with E-state index in [0.717, 1.165) is 14.7 Å². The molecular weight excluding hydrogens is 347 g/mol. The summed E-state index contributed by atoms with van der Waals surface area (Å²) in [6.45, 7) is 5.07. The molecule has 0 amide bonds. The van der Waals surface area contributed by atoms with Crippen molar-refractivity contribution in [1.29, 1.82) is 0 Å². The number of carbonyl (C=O) groups excluding carboxylic acids is 1. The molecule has 0 bridgehead atoms. The van der Waals surface area contributed by atoms with Crippen molar-refractivity contribution in [1.82, 2.24) is 0 Å². The average Bonchev–Trinajstić information content (AvgIpc) is 2.66. The number of hydrogen-bond donors (Lipinski definition) is 0. The van der Waals surface area contributed by atoms with Crippen LogP contribution in [0.5, 0.6) is 5.75 Å². The van der Waals surface area contributed by atoms with Crippen LogP contribution in [-0.4, -0.2) is 5.97 Å². The van der Waals surface area contributed by atoms with Gasteiger partial charge in [0, 0.05) is 11.6 Å². The summed E-state index contributed by atoms with van der Waals surface area (Å²) in [6.07, 6.45) is 0. The van der Waals surface area contributed by atoms with Crippen LogP contribution >= 0.6 is 0 Å². The smallest absolute Gasteiger partial charge is 0.338 e. The molecule has 0 N–H and O–H groups in total. The largest absolute Gasteiger partial charge is 0.420 e. The van der Waals surface area contributed by atoms with Gasteiger partial charge in [0.1, 0.15) is 0 Å². The molecule has 2 nitrogen and oxygen atoms in total. The maximum atomic E-state index is 14.2. The summed E-state index contributed by atoms with van der Waals surface area (Å²) in [5, 5.41) is 0. The van der Waals surface area contributed by atoms with Gasteiger partial charge in [-0.15, -0.1) is 0 Å². The van der Waals surface area contributed by atoms with Crippen molar-refractivity contribution in [2.24, 2.45) is 0 Å². The maximum absolute atomic E-state index is 14.2. The second-order valence-electron chi connectivity index (χ2n) is 5.69. The van der Waals surface area contributed by atoms with Crippen molar-refractivity contribution in [3.63, 3.8) is 0 Å². The molecule has 0 fully saturated rings. The van der Waals surface area contributed by atoms with Gasteiger partial charge in [-0.25, -0.2) is 9.18 Å². The number of hydrogen-bond acceptors (Lipinski definition) is 2. The third kappa shape index (κ3) is 4.03. The highest BCUT2D eigenvalue weighted by Crippen LogP contribution is 2.33. The van der Waals surface area contributed by atoms with Crippen LogP contribution in [0.25, 0.3) is 0 Å². The summed E-state index contributed by atoms with van der Waals surface area (Å²) >= 11 is 0. The highest BCUT2D eigenvalue weighted by molar-refractivity contribution is 7.97. The van der Waals surface area contributed by atoms with Gasteiger partial charge in [-0.05, 0) is 43.3 Å². The Morgan fingerprint density at radius 3 is 1.92 bits per heavy atom. The molecule has 26 heavy (non-hydrogen) atoms. The monoisotopic (exact) mass is 365 g/mol. The van der Waals surface area contributed by atoms with Crippen molar-refractivity contribution >= 4 is 16.9 Å². The van der Waals surface area contributed by atoms with Gasteiger partial charge in [0.15, 0.2) is 26.3 Å². The third-order valence-electron chi connectivity index (χ3n) is 3.65. The normalized spacial score (nSPS) is 10.6. The summed E-state index contributed by atoms with van der Waals surface area (Å²) in [4.78, 5) is 14.9. The average molecular weight is 365 g/mol. The van der Waals surface area contributed by atoms with Crippen molar-refractivity contribution < 1.29 is 13.9 Å². The lowest BCUT2D eigenvalue weighted by Gasteiger charge is -2.10. The summed E-state index contributed by atoms with van der Waals surface area (Å²) in [6, 6.07) is 24.6. The zero-order valence-electron chi connectivity index (χ0n) is 14.3. The molecule has 0 saturated carbocycles. The number of benzene rings is 3. The van der Waals surface area contributed by atoms with E-state index in [4.69, 9.17) is 4.74 Å². The molecule has 0 aliphatic heterocycles. The molecule has 3 rings (SSSR count). The lowest BCUT2D eigenvalue weighted by Crippen LogP contribution is -2.11. The Morgan fingerprint density at radius 1 is 0.885 bits per heavy atom. The number of esters is 1. The molecule has 0 saturated heterocycles. The van der Waals surface area contributed by atoms with Crippen LogP contribution in [0.2, 0.25) is 0 Å². The standard InChI is InChI=1S/C22H18FO2S/c1-16(2)22(24)25-21-15-19(13-14-20(21)23)26(17-9-5-3-6-10-17)18-11-7-4-8-12-18/h3-15H,1H2,2H3/q+1. The van der Waals surface area contributed by atoms with Gasteiger partial charge in [0.05, 0.1) is 10.9 Å². The van der Waals surface area contributed by atoms with E-state index < -0.39 is 22.7 Å². The zero-order valence-corrected chi connectivity index (χ0v) is 15.1. The molecule has 0 atom stereocenters. The minimum atomic E-state index is -0.639. The lowest BCUT2D eigenvalue weighted by molar-refractivity contribution is -0.130. The van der Waals surface area contributed by atoms with Crippen LogP contribution in [0.3, 0.4) is 0 Å². The second kappa shape index (κ2) is 8.02. The molecule has 0 aliphatic carbocycles. The van der Waals surface area contributed by atoms with Crippen molar-refractivity contribution in [3.05, 3.63) is 96.8 Å². The summed E-state index contributed by atoms with van der Waals surface area (Å²) in [5.74, 6) is -1.30. The Hall–Kier alpha value is -2.85. The first-order valence-corrected chi connectivity index (χ1v) is 9.30. The Balaban J connectivity index is 2.07. The first-order valence-electron chi connectivity index (χ1n) is 8.08. The van der Waals surface area contributed by atoms with Gasteiger partial charge in [-0.1, -0.05) is 43.0 Å². The zero-order chi connectivity index (χ0) is 18.5. The van der Waals surface area contributed by atoms with E-state index in [2.05, 4.69) is 6.58 Å². The summed E-state index contributed by atoms with van der Waals surface area (Å²) in [7, 11) is -0.439. The molecule has 0 heterocycles. The SMILES string of the molecule is C=C(C)C(=O)Oc1cc([S+](c2ccccc2)c2ccccc2)ccc1F. The minimum Gasteiger partial charge on any atom is -0.420 e. The number of halogens is 1. The van der Waals surface area contributed by atoms with Gasteiger partial charge in [-0.2, -0.15) is 0 Å². The van der Waals surface area contributed by atoms with Gasteiger partial charge in [0.2, 0.25) is 0 Å². The number of carbonyl (C=O) groups is 1. The Kier molecular flexibility index (Phi) is 5.54. The molecule has 0 radical (unpaired) electrons. The van der Waals surface area contributed by atoms with Crippen molar-refractivity contribution in [2.45, 2.75) is 21.6 Å². The first kappa shape index (κ1) is 18.0. The molecule has 130 valence electrons. The quantitative estimate of drug-likeness (QED) is 0.262. The van der Waals surface area contributed by atoms with E-state index in [1.165, 1.54) is 13.0 Å². The van der Waals surface area contributed by atoms with Crippen LogP contribution in [0.15, 0.2) is 106 Å². The molecule has 3 aromatic carbocycles. The van der Waals surface area contributed by atoms with E-state index in [0.29, 0.717) is 0 Å². The van der Waals surface area contributed by atoms with Crippen molar-refractivity contribution in [2.75, 3.05) is 0 Å². The van der Waals surface area contributed by atoms with E-state index in [-0.39, 0.29) is 11.3 Å². The van der Waals surface area contributed by atoms with E-state index in [1.54, 1.807) is 12.1 Å². The van der Waals surface area contributed by atoms with E-state index >= 15 is 0 Å². The molecule has 0 spiro atoms. The Labute approximate surface area is 155 Å². The van der Waals surface area contributed by atoms with E-state index in [1.807, 2.05) is 60.7 Å². The van der Waals surface area contributed by atoms with Crippen LogP contribution in [-0.2, 0) is 15.7 Å². The highest BCUT2D eigenvalue weighted by atomic mass is 32.2. The van der Waals surface area contributed by atoms with Crippen LogP contribution in [0, 0.1) is 5.82 Å². The Bertz CT molecular complexity index is 884. The molecule has 3 aromatic rings. The molecule has 0 aromatic heterocycles. The fraction of sp³-hybridized carbons (Fsp3) is 0.0455. The fourth-order valence-corrected chi connectivity index (χ4v) is 4.50. The molecule has 0 unspecified atom stereocenters. The Morgan fingerprint density at radius 2 is 1.42 bits per heavy atom. The molecule has 4 heteroatoms. The van der Waals surface area contributed by atoms with Gasteiger partial charge in [-0.3, -0.25) is 0 Å². The van der Waals surface area contributed by atoms with Crippen LogP contribution < -0.4 is 4.74 Å². The number of rotatable bonds is 5. The fourth-order valence-electron chi connectivity index (χ4n) is 2.40. The second-order valence-corrected chi connectivity index (χ2v) is 7.72. The third-order valence-corrected chi connectivity index (χ3v) is 5.86. The van der Waals surface area contributed by atoms with E-state index in [9.17, 15) is 9.18 Å². The molecule has 0 aliphatic rings. The van der Waals surface area contributed by atoms with Gasteiger partial charge < -0.3 is 4.74 Å². The minimum absolute atomic E-state index is 0.0835. The van der Waals surface area contributed by atoms with Crippen molar-refractivity contribution in [3.8, 4) is 5.75 Å². The summed E-state index contributed by atoms with van der Waals surface area (Å²) in [5.41, 5.74) is 0.222. The number of ether oxygens (including phenoxy) is 1. The van der Waals surface area contributed by atoms with Gasteiger partial charge >= 0.3 is 5.97 Å². The van der Waals surface area contributed by atoms with Crippen LogP contribution in [0.1, 0.15) is 6.92 Å². The predicted octanol–water partition coefficient (Wildman–Crippen LogP) is 5.40. The lowest BCUT2D eigenvalue weighted by atomic mass is 10.3. The first-order chi connectivity index (χ1) is 12.6. The topological polar surface area (TPSA) is 26.3 Å². The summed E-state index contributed by atoms with van der Waals surface area (Å²) < 4.78 is 19.3. The molecular formula is C22H18FO2S+. The predicted molar refractivity (Wildman–Crippen MR) is 102 cm³/mol.